The van der Waals surface area contributed by atoms with E-state index in [1.54, 1.807) is 11.3 Å². The van der Waals surface area contributed by atoms with Gasteiger partial charge in [-0.15, -0.1) is 11.3 Å². The summed E-state index contributed by atoms with van der Waals surface area (Å²) >= 11 is 1.79. The van der Waals surface area contributed by atoms with Crippen molar-refractivity contribution in [1.29, 1.82) is 0 Å². The number of aromatic nitrogens is 1. The van der Waals surface area contributed by atoms with Crippen LogP contribution in [-0.4, -0.2) is 18.6 Å². The van der Waals surface area contributed by atoms with E-state index in [0.717, 1.165) is 18.4 Å². The Balaban J connectivity index is 2.11. The summed E-state index contributed by atoms with van der Waals surface area (Å²) in [5.41, 5.74) is 2.40. The average Bonchev–Trinajstić information content (AvgIpc) is 2.56. The first-order chi connectivity index (χ1) is 6.18. The zero-order valence-electron chi connectivity index (χ0n) is 8.37. The number of rotatable bonds is 3. The average molecular weight is 196 g/mol. The van der Waals surface area contributed by atoms with Crippen molar-refractivity contribution in [1.82, 2.24) is 10.3 Å². The molecule has 72 valence electrons. The van der Waals surface area contributed by atoms with Gasteiger partial charge in [-0.3, -0.25) is 4.98 Å². The maximum atomic E-state index is 4.14. The molecule has 0 spiro atoms. The molecule has 0 amide bonds. The predicted octanol–water partition coefficient (Wildman–Crippen LogP) is 2.10. The quantitative estimate of drug-likeness (QED) is 0.801. The summed E-state index contributed by atoms with van der Waals surface area (Å²) < 4.78 is 0. The van der Waals surface area contributed by atoms with E-state index in [2.05, 4.69) is 24.1 Å². The van der Waals surface area contributed by atoms with Gasteiger partial charge in [0.05, 0.1) is 5.51 Å². The fourth-order valence-electron chi connectivity index (χ4n) is 2.29. The summed E-state index contributed by atoms with van der Waals surface area (Å²) in [7, 11) is 2.03. The van der Waals surface area contributed by atoms with Crippen LogP contribution in [0.5, 0.6) is 0 Å². The second-order valence-electron chi connectivity index (χ2n) is 4.37. The van der Waals surface area contributed by atoms with Gasteiger partial charge in [-0.1, -0.05) is 13.8 Å². The molecule has 1 saturated carbocycles. The lowest BCUT2D eigenvalue weighted by Gasteiger charge is -1.99. The molecule has 2 atom stereocenters. The molecule has 0 aromatic carbocycles. The van der Waals surface area contributed by atoms with Gasteiger partial charge in [0.25, 0.3) is 0 Å². The molecule has 1 aromatic rings. The molecule has 2 unspecified atom stereocenters. The van der Waals surface area contributed by atoms with Gasteiger partial charge in [0.2, 0.25) is 0 Å². The van der Waals surface area contributed by atoms with Crippen LogP contribution in [0.4, 0.5) is 0 Å². The molecule has 0 saturated heterocycles. The highest BCUT2D eigenvalue weighted by Gasteiger charge is 2.58. The Morgan fingerprint density at radius 2 is 2.38 bits per heavy atom. The van der Waals surface area contributed by atoms with Gasteiger partial charge >= 0.3 is 0 Å². The fourth-order valence-corrected chi connectivity index (χ4v) is 3.27. The van der Waals surface area contributed by atoms with Crippen molar-refractivity contribution in [2.45, 2.75) is 19.8 Å². The highest BCUT2D eigenvalue weighted by atomic mass is 32.1. The van der Waals surface area contributed by atoms with Crippen LogP contribution in [0, 0.1) is 11.3 Å². The van der Waals surface area contributed by atoms with Crippen LogP contribution in [0.25, 0.3) is 0 Å². The summed E-state index contributed by atoms with van der Waals surface area (Å²) in [6.07, 6.45) is 2.02. The van der Waals surface area contributed by atoms with Crippen LogP contribution in [0.1, 0.15) is 24.6 Å². The minimum absolute atomic E-state index is 0.468. The van der Waals surface area contributed by atoms with E-state index in [9.17, 15) is 0 Å². The maximum Gasteiger partial charge on any atom is 0.0794 e. The molecule has 1 heterocycles. The Kier molecular flexibility index (Phi) is 2.16. The number of hydrogen-bond acceptors (Lipinski definition) is 3. The second kappa shape index (κ2) is 3.07. The highest BCUT2D eigenvalue weighted by Crippen LogP contribution is 2.64. The van der Waals surface area contributed by atoms with Gasteiger partial charge in [-0.25, -0.2) is 0 Å². The highest BCUT2D eigenvalue weighted by molar-refractivity contribution is 7.09. The van der Waals surface area contributed by atoms with Crippen molar-refractivity contribution in [3.63, 3.8) is 0 Å². The Hall–Kier alpha value is -0.410. The molecule has 1 aliphatic carbocycles. The zero-order chi connectivity index (χ0) is 9.47. The molecule has 1 aromatic heterocycles. The van der Waals surface area contributed by atoms with Crippen LogP contribution < -0.4 is 5.32 Å². The Morgan fingerprint density at radius 1 is 1.62 bits per heavy atom. The zero-order valence-corrected chi connectivity index (χ0v) is 9.19. The van der Waals surface area contributed by atoms with E-state index in [-0.39, 0.29) is 0 Å². The summed E-state index contributed by atoms with van der Waals surface area (Å²) in [5.74, 6) is 1.52. The van der Waals surface area contributed by atoms with Crippen LogP contribution in [-0.2, 0) is 0 Å². The first-order valence-corrected chi connectivity index (χ1v) is 5.59. The van der Waals surface area contributed by atoms with E-state index < -0.39 is 0 Å². The Morgan fingerprint density at radius 3 is 2.92 bits per heavy atom. The molecule has 0 bridgehead atoms. The minimum atomic E-state index is 0.468. The van der Waals surface area contributed by atoms with Gasteiger partial charge in [0.15, 0.2) is 0 Å². The van der Waals surface area contributed by atoms with Crippen molar-refractivity contribution in [2.75, 3.05) is 13.6 Å². The van der Waals surface area contributed by atoms with E-state index in [4.69, 9.17) is 0 Å². The minimum Gasteiger partial charge on any atom is -0.319 e. The normalized spacial score (nSPS) is 30.4. The van der Waals surface area contributed by atoms with Crippen LogP contribution in [0.15, 0.2) is 11.7 Å². The molecule has 3 heteroatoms. The van der Waals surface area contributed by atoms with E-state index in [1.807, 2.05) is 18.8 Å². The third-order valence-corrected chi connectivity index (χ3v) is 4.09. The molecule has 1 aliphatic rings. The van der Waals surface area contributed by atoms with Crippen molar-refractivity contribution >= 4 is 11.3 Å². The van der Waals surface area contributed by atoms with Crippen LogP contribution in [0.2, 0.25) is 0 Å². The molecule has 2 rings (SSSR count). The van der Waals surface area contributed by atoms with E-state index in [1.165, 1.54) is 4.88 Å². The van der Waals surface area contributed by atoms with Gasteiger partial charge in [-0.05, 0) is 24.9 Å². The van der Waals surface area contributed by atoms with Gasteiger partial charge in [0, 0.05) is 17.0 Å². The molecule has 2 nitrogen and oxygen atoms in total. The second-order valence-corrected chi connectivity index (χ2v) is 5.28. The maximum absolute atomic E-state index is 4.14. The Labute approximate surface area is 83.4 Å². The molecular formula is C10H16N2S. The first kappa shape index (κ1) is 9.16. The molecule has 0 radical (unpaired) electrons. The van der Waals surface area contributed by atoms with Crippen molar-refractivity contribution in [2.24, 2.45) is 11.3 Å². The number of nitrogens with one attached hydrogen (secondary N) is 1. The number of hydrogen-bond donors (Lipinski definition) is 1. The summed E-state index contributed by atoms with van der Waals surface area (Å²) in [4.78, 5) is 5.59. The molecule has 1 fully saturated rings. The number of thiazole rings is 1. The monoisotopic (exact) mass is 196 g/mol. The standard InChI is InChI=1S/C10H16N2S/c1-10(2)7(4-11-3)9(10)8-5-12-6-13-8/h5-7,9,11H,4H2,1-3H3. The third-order valence-electron chi connectivity index (χ3n) is 3.23. The van der Waals surface area contributed by atoms with Crippen molar-refractivity contribution in [3.8, 4) is 0 Å². The van der Waals surface area contributed by atoms with Crippen LogP contribution >= 0.6 is 11.3 Å². The smallest absolute Gasteiger partial charge is 0.0794 e. The SMILES string of the molecule is CNCC1C(c2cncs2)C1(C)C. The van der Waals surface area contributed by atoms with Gasteiger partial charge in [-0.2, -0.15) is 0 Å². The summed E-state index contributed by atoms with van der Waals surface area (Å²) in [5, 5.41) is 3.26. The predicted molar refractivity (Wildman–Crippen MR) is 56.1 cm³/mol. The van der Waals surface area contributed by atoms with E-state index >= 15 is 0 Å². The summed E-state index contributed by atoms with van der Waals surface area (Å²) in [6.45, 7) is 5.81. The third kappa shape index (κ3) is 1.40. The lowest BCUT2D eigenvalue weighted by Crippen LogP contribution is -2.12. The Bertz CT molecular complexity index is 279. The molecular weight excluding hydrogens is 180 g/mol. The topological polar surface area (TPSA) is 24.9 Å². The first-order valence-electron chi connectivity index (χ1n) is 4.71. The van der Waals surface area contributed by atoms with Crippen molar-refractivity contribution in [3.05, 3.63) is 16.6 Å². The van der Waals surface area contributed by atoms with Gasteiger partial charge < -0.3 is 5.32 Å². The summed E-state index contributed by atoms with van der Waals surface area (Å²) in [6, 6.07) is 0. The lowest BCUT2D eigenvalue weighted by atomic mass is 10.1. The van der Waals surface area contributed by atoms with Crippen LogP contribution in [0.3, 0.4) is 0 Å². The van der Waals surface area contributed by atoms with Crippen molar-refractivity contribution < 1.29 is 0 Å². The van der Waals surface area contributed by atoms with E-state index in [0.29, 0.717) is 5.41 Å². The van der Waals surface area contributed by atoms with Gasteiger partial charge in [0.1, 0.15) is 0 Å². The lowest BCUT2D eigenvalue weighted by molar-refractivity contribution is 0.537. The molecule has 1 N–H and O–H groups in total. The molecule has 0 aliphatic heterocycles. The largest absolute Gasteiger partial charge is 0.319 e. The fraction of sp³-hybridized carbons (Fsp3) is 0.700. The molecule has 13 heavy (non-hydrogen) atoms. The number of nitrogens with zero attached hydrogens (tertiary/aromatic N) is 1.